The van der Waals surface area contributed by atoms with Gasteiger partial charge in [0.25, 0.3) is 0 Å². The van der Waals surface area contributed by atoms with Crippen LogP contribution in [-0.2, 0) is 0 Å². The highest BCUT2D eigenvalue weighted by Crippen LogP contribution is 2.34. The molecule has 0 radical (unpaired) electrons. The Labute approximate surface area is 80.5 Å². The maximum Gasteiger partial charge on any atom is 0.167 e. The SMILES string of the molecule is O=C(c1ccc(F)cc1Cl)C1CC1. The molecule has 68 valence electrons. The van der Waals surface area contributed by atoms with Crippen LogP contribution in [0.4, 0.5) is 4.39 Å². The monoisotopic (exact) mass is 198 g/mol. The van der Waals surface area contributed by atoms with E-state index in [0.717, 1.165) is 12.8 Å². The normalized spacial score (nSPS) is 15.8. The molecule has 1 aromatic carbocycles. The fourth-order valence-electron chi connectivity index (χ4n) is 1.25. The average Bonchev–Trinajstić information content (AvgIpc) is 2.85. The molecule has 1 aliphatic carbocycles. The molecule has 1 fully saturated rings. The van der Waals surface area contributed by atoms with Crippen LogP contribution in [0.15, 0.2) is 18.2 Å². The molecule has 1 aromatic rings. The van der Waals surface area contributed by atoms with Crippen molar-refractivity contribution in [2.75, 3.05) is 0 Å². The maximum atomic E-state index is 12.6. The van der Waals surface area contributed by atoms with Crippen molar-refractivity contribution in [3.05, 3.63) is 34.6 Å². The summed E-state index contributed by atoms with van der Waals surface area (Å²) >= 11 is 5.74. The topological polar surface area (TPSA) is 17.1 Å². The van der Waals surface area contributed by atoms with Crippen LogP contribution in [0.3, 0.4) is 0 Å². The molecule has 3 heteroatoms. The summed E-state index contributed by atoms with van der Waals surface area (Å²) < 4.78 is 12.6. The number of ketones is 1. The fourth-order valence-corrected chi connectivity index (χ4v) is 1.52. The van der Waals surface area contributed by atoms with E-state index in [1.807, 2.05) is 0 Å². The van der Waals surface area contributed by atoms with Gasteiger partial charge in [0.15, 0.2) is 5.78 Å². The van der Waals surface area contributed by atoms with Crippen LogP contribution in [0.2, 0.25) is 5.02 Å². The predicted octanol–water partition coefficient (Wildman–Crippen LogP) is 3.07. The summed E-state index contributed by atoms with van der Waals surface area (Å²) in [7, 11) is 0. The first-order chi connectivity index (χ1) is 6.18. The summed E-state index contributed by atoms with van der Waals surface area (Å²) in [6.45, 7) is 0. The molecule has 0 atom stereocenters. The number of hydrogen-bond acceptors (Lipinski definition) is 1. The molecular weight excluding hydrogens is 191 g/mol. The Morgan fingerprint density at radius 2 is 2.15 bits per heavy atom. The standard InChI is InChI=1S/C10H8ClFO/c11-9-5-7(12)3-4-8(9)10(13)6-1-2-6/h3-6H,1-2H2. The Hall–Kier alpha value is -0.890. The summed E-state index contributed by atoms with van der Waals surface area (Å²) in [5.41, 5.74) is 0.450. The summed E-state index contributed by atoms with van der Waals surface area (Å²) in [6.07, 6.45) is 1.87. The largest absolute Gasteiger partial charge is 0.294 e. The van der Waals surface area contributed by atoms with Gasteiger partial charge in [-0.3, -0.25) is 4.79 Å². The van der Waals surface area contributed by atoms with Gasteiger partial charge in [0.05, 0.1) is 5.02 Å². The molecule has 1 aliphatic rings. The van der Waals surface area contributed by atoms with E-state index in [4.69, 9.17) is 11.6 Å². The Morgan fingerprint density at radius 1 is 1.46 bits per heavy atom. The van der Waals surface area contributed by atoms with Gasteiger partial charge >= 0.3 is 0 Å². The smallest absolute Gasteiger partial charge is 0.167 e. The second-order valence-corrected chi connectivity index (χ2v) is 3.67. The molecular formula is C10H8ClFO. The van der Waals surface area contributed by atoms with Gasteiger partial charge in [-0.15, -0.1) is 0 Å². The average molecular weight is 199 g/mol. The molecule has 0 aromatic heterocycles. The van der Waals surface area contributed by atoms with Crippen LogP contribution < -0.4 is 0 Å². The van der Waals surface area contributed by atoms with Gasteiger partial charge in [-0.05, 0) is 31.0 Å². The summed E-state index contributed by atoms with van der Waals surface area (Å²) in [5.74, 6) is -0.231. The number of rotatable bonds is 2. The van der Waals surface area contributed by atoms with E-state index in [2.05, 4.69) is 0 Å². The van der Waals surface area contributed by atoms with Crippen LogP contribution >= 0.6 is 11.6 Å². The zero-order valence-electron chi connectivity index (χ0n) is 6.89. The third kappa shape index (κ3) is 1.73. The van der Waals surface area contributed by atoms with Gasteiger partial charge in [-0.25, -0.2) is 4.39 Å². The van der Waals surface area contributed by atoms with Crippen molar-refractivity contribution < 1.29 is 9.18 Å². The Morgan fingerprint density at radius 3 is 2.69 bits per heavy atom. The number of carbonyl (C=O) groups is 1. The van der Waals surface area contributed by atoms with Crippen LogP contribution in [0.25, 0.3) is 0 Å². The molecule has 0 saturated heterocycles. The molecule has 0 aliphatic heterocycles. The van der Waals surface area contributed by atoms with E-state index in [1.165, 1.54) is 18.2 Å². The zero-order valence-corrected chi connectivity index (χ0v) is 7.64. The van der Waals surface area contributed by atoms with E-state index in [-0.39, 0.29) is 16.7 Å². The molecule has 0 heterocycles. The first kappa shape index (κ1) is 8.70. The second-order valence-electron chi connectivity index (χ2n) is 3.26. The van der Waals surface area contributed by atoms with Crippen molar-refractivity contribution in [2.45, 2.75) is 12.8 Å². The van der Waals surface area contributed by atoms with Crippen molar-refractivity contribution >= 4 is 17.4 Å². The predicted molar refractivity (Wildman–Crippen MR) is 48.5 cm³/mol. The van der Waals surface area contributed by atoms with E-state index in [9.17, 15) is 9.18 Å². The number of Topliss-reactive ketones (excluding diaryl/α,β-unsaturated/α-hetero) is 1. The van der Waals surface area contributed by atoms with Crippen LogP contribution in [0.5, 0.6) is 0 Å². The van der Waals surface area contributed by atoms with Crippen molar-refractivity contribution in [1.82, 2.24) is 0 Å². The quantitative estimate of drug-likeness (QED) is 0.668. The highest BCUT2D eigenvalue weighted by Gasteiger charge is 2.31. The molecule has 0 N–H and O–H groups in total. The molecule has 1 saturated carbocycles. The number of benzene rings is 1. The molecule has 0 spiro atoms. The van der Waals surface area contributed by atoms with Crippen LogP contribution in [0, 0.1) is 11.7 Å². The van der Waals surface area contributed by atoms with Gasteiger partial charge < -0.3 is 0 Å². The lowest BCUT2D eigenvalue weighted by molar-refractivity contribution is 0.0968. The lowest BCUT2D eigenvalue weighted by Gasteiger charge is -2.01. The molecule has 0 bridgehead atoms. The highest BCUT2D eigenvalue weighted by molar-refractivity contribution is 6.34. The van der Waals surface area contributed by atoms with E-state index in [0.29, 0.717) is 5.56 Å². The molecule has 0 unspecified atom stereocenters. The first-order valence-corrected chi connectivity index (χ1v) is 4.55. The lowest BCUT2D eigenvalue weighted by Crippen LogP contribution is -2.02. The maximum absolute atomic E-state index is 12.6. The minimum Gasteiger partial charge on any atom is -0.294 e. The van der Waals surface area contributed by atoms with Gasteiger partial charge in [0.2, 0.25) is 0 Å². The zero-order chi connectivity index (χ0) is 9.42. The number of hydrogen-bond donors (Lipinski definition) is 0. The highest BCUT2D eigenvalue weighted by atomic mass is 35.5. The number of halogens is 2. The van der Waals surface area contributed by atoms with Crippen LogP contribution in [-0.4, -0.2) is 5.78 Å². The summed E-state index contributed by atoms with van der Waals surface area (Å²) in [6, 6.07) is 3.90. The molecule has 13 heavy (non-hydrogen) atoms. The van der Waals surface area contributed by atoms with E-state index >= 15 is 0 Å². The third-order valence-corrected chi connectivity index (χ3v) is 2.46. The van der Waals surface area contributed by atoms with Gasteiger partial charge in [-0.1, -0.05) is 11.6 Å². The molecule has 0 amide bonds. The number of carbonyl (C=O) groups excluding carboxylic acids is 1. The van der Waals surface area contributed by atoms with Crippen molar-refractivity contribution in [3.8, 4) is 0 Å². The van der Waals surface area contributed by atoms with Crippen molar-refractivity contribution in [1.29, 1.82) is 0 Å². The molecule has 2 rings (SSSR count). The van der Waals surface area contributed by atoms with Gasteiger partial charge in [0, 0.05) is 11.5 Å². The minimum absolute atomic E-state index is 0.0463. The fraction of sp³-hybridized carbons (Fsp3) is 0.300. The first-order valence-electron chi connectivity index (χ1n) is 4.18. The summed E-state index contributed by atoms with van der Waals surface area (Å²) in [5, 5.41) is 0.219. The van der Waals surface area contributed by atoms with Gasteiger partial charge in [0.1, 0.15) is 5.82 Å². The second kappa shape index (κ2) is 3.11. The van der Waals surface area contributed by atoms with E-state index in [1.54, 1.807) is 0 Å². The van der Waals surface area contributed by atoms with Gasteiger partial charge in [-0.2, -0.15) is 0 Å². The minimum atomic E-state index is -0.405. The van der Waals surface area contributed by atoms with Crippen molar-refractivity contribution in [2.24, 2.45) is 5.92 Å². The molecule has 1 nitrogen and oxygen atoms in total. The van der Waals surface area contributed by atoms with Crippen LogP contribution in [0.1, 0.15) is 23.2 Å². The Balaban J connectivity index is 2.33. The lowest BCUT2D eigenvalue weighted by atomic mass is 10.1. The van der Waals surface area contributed by atoms with E-state index < -0.39 is 5.82 Å². The Kier molecular flexibility index (Phi) is 2.08. The van der Waals surface area contributed by atoms with Crippen molar-refractivity contribution in [3.63, 3.8) is 0 Å². The Bertz CT molecular complexity index is 358. The third-order valence-electron chi connectivity index (χ3n) is 2.14. The summed E-state index contributed by atoms with van der Waals surface area (Å²) in [4.78, 5) is 11.5.